The van der Waals surface area contributed by atoms with Crippen LogP contribution in [0.4, 0.5) is 0 Å². The number of aromatic nitrogens is 5. The van der Waals surface area contributed by atoms with Crippen LogP contribution in [-0.2, 0) is 0 Å². The molecule has 0 radical (unpaired) electrons. The van der Waals surface area contributed by atoms with Gasteiger partial charge in [-0.2, -0.15) is 5.10 Å². The zero-order valence-corrected chi connectivity index (χ0v) is 14.3. The Hall–Kier alpha value is -2.67. The Bertz CT molecular complexity index is 1010. The number of nitrogens with zero attached hydrogens (tertiary/aromatic N) is 5. The largest absolute Gasteiger partial charge is 0.330 e. The van der Waals surface area contributed by atoms with Gasteiger partial charge in [0.25, 0.3) is 5.91 Å². The first-order valence-corrected chi connectivity index (χ1v) is 8.59. The maximum absolute atomic E-state index is 13.1. The molecule has 2 aliphatic rings. The summed E-state index contributed by atoms with van der Waals surface area (Å²) in [4.78, 5) is 24.0. The third-order valence-electron chi connectivity index (χ3n) is 4.91. The number of aryl methyl sites for hydroxylation is 1. The van der Waals surface area contributed by atoms with Gasteiger partial charge in [-0.15, -0.1) is 0 Å². The van der Waals surface area contributed by atoms with Gasteiger partial charge in [0.2, 0.25) is 5.82 Å². The van der Waals surface area contributed by atoms with Gasteiger partial charge in [0.05, 0.1) is 28.0 Å². The second-order valence-electron chi connectivity index (χ2n) is 6.38. The van der Waals surface area contributed by atoms with E-state index in [1.807, 2.05) is 28.5 Å². The number of nitrogens with one attached hydrogen (secondary N) is 1. The summed E-state index contributed by atoms with van der Waals surface area (Å²) >= 11 is 6.38. The summed E-state index contributed by atoms with van der Waals surface area (Å²) in [6.07, 6.45) is 3.58. The highest BCUT2D eigenvalue weighted by Gasteiger charge is 2.40. The topological polar surface area (TPSA) is 79.7 Å². The smallest absolute Gasteiger partial charge is 0.258 e. The van der Waals surface area contributed by atoms with Crippen LogP contribution in [0.25, 0.3) is 17.2 Å². The van der Waals surface area contributed by atoms with Crippen LogP contribution in [0, 0.1) is 6.92 Å². The predicted octanol–water partition coefficient (Wildman–Crippen LogP) is 2.91. The van der Waals surface area contributed by atoms with E-state index in [0.29, 0.717) is 28.6 Å². The lowest BCUT2D eigenvalue weighted by Gasteiger charge is -2.22. The van der Waals surface area contributed by atoms with Crippen LogP contribution < -0.4 is 0 Å². The molecule has 0 saturated carbocycles. The molecule has 4 heterocycles. The highest BCUT2D eigenvalue weighted by Crippen LogP contribution is 2.42. The molecule has 1 amide bonds. The number of benzene rings is 1. The molecule has 25 heavy (non-hydrogen) atoms. The molecule has 1 fully saturated rings. The Balaban J connectivity index is 1.82. The van der Waals surface area contributed by atoms with Crippen molar-refractivity contribution in [3.05, 3.63) is 46.6 Å². The first kappa shape index (κ1) is 14.7. The standard InChI is InChI=1S/C17H15ClN6O/c1-9-20-16(22-21-9)14-15-12-6-3-7-23(12)17(25)13-10(18)4-2-5-11(13)24(15)8-19-14/h2,4-5,8,12H,3,6-7H2,1H3,(H,20,21,22)/t12-/m0/s1. The van der Waals surface area contributed by atoms with Gasteiger partial charge in [-0.1, -0.05) is 17.7 Å². The van der Waals surface area contributed by atoms with E-state index in [9.17, 15) is 4.79 Å². The van der Waals surface area contributed by atoms with Gasteiger partial charge in [-0.25, -0.2) is 9.97 Å². The van der Waals surface area contributed by atoms with Crippen molar-refractivity contribution in [2.45, 2.75) is 25.8 Å². The van der Waals surface area contributed by atoms with Gasteiger partial charge in [-0.3, -0.25) is 14.5 Å². The lowest BCUT2D eigenvalue weighted by molar-refractivity contribution is 0.0739. The fourth-order valence-corrected chi connectivity index (χ4v) is 4.10. The van der Waals surface area contributed by atoms with Gasteiger partial charge in [0, 0.05) is 6.54 Å². The number of carbonyl (C=O) groups excluding carboxylic acids is 1. The molecule has 3 aromatic rings. The number of carbonyl (C=O) groups is 1. The summed E-state index contributed by atoms with van der Waals surface area (Å²) in [5.74, 6) is 1.26. The van der Waals surface area contributed by atoms with Crippen molar-refractivity contribution in [2.75, 3.05) is 6.54 Å². The van der Waals surface area contributed by atoms with Crippen LogP contribution in [0.3, 0.4) is 0 Å². The number of H-pyrrole nitrogens is 1. The monoisotopic (exact) mass is 354 g/mol. The summed E-state index contributed by atoms with van der Waals surface area (Å²) in [5.41, 5.74) is 2.95. The molecule has 1 atom stereocenters. The zero-order chi connectivity index (χ0) is 17.1. The van der Waals surface area contributed by atoms with E-state index in [0.717, 1.165) is 30.0 Å². The Labute approximate surface area is 148 Å². The van der Waals surface area contributed by atoms with E-state index in [2.05, 4.69) is 20.2 Å². The molecule has 2 aromatic heterocycles. The number of rotatable bonds is 1. The number of hydrogen-bond acceptors (Lipinski definition) is 4. The highest BCUT2D eigenvalue weighted by molar-refractivity contribution is 6.34. The van der Waals surface area contributed by atoms with E-state index >= 15 is 0 Å². The van der Waals surface area contributed by atoms with Gasteiger partial charge >= 0.3 is 0 Å². The molecule has 0 unspecified atom stereocenters. The maximum atomic E-state index is 13.1. The maximum Gasteiger partial charge on any atom is 0.258 e. The van der Waals surface area contributed by atoms with Crippen LogP contribution in [0.15, 0.2) is 24.5 Å². The molecule has 1 aromatic carbocycles. The van der Waals surface area contributed by atoms with E-state index in [-0.39, 0.29) is 11.9 Å². The number of amides is 1. The number of fused-ring (bicyclic) bond motifs is 5. The number of halogens is 1. The Morgan fingerprint density at radius 2 is 2.24 bits per heavy atom. The Morgan fingerprint density at radius 3 is 3.04 bits per heavy atom. The average Bonchev–Trinajstić information content (AvgIpc) is 3.30. The number of hydrogen-bond donors (Lipinski definition) is 1. The summed E-state index contributed by atoms with van der Waals surface area (Å²) in [5, 5.41) is 7.59. The third kappa shape index (κ3) is 1.99. The minimum atomic E-state index is -0.0488. The van der Waals surface area contributed by atoms with Gasteiger partial charge in [0.1, 0.15) is 17.8 Å². The minimum absolute atomic E-state index is 0.0242. The average molecular weight is 355 g/mol. The lowest BCUT2D eigenvalue weighted by Crippen LogP contribution is -2.29. The minimum Gasteiger partial charge on any atom is -0.330 e. The quantitative estimate of drug-likeness (QED) is 0.728. The van der Waals surface area contributed by atoms with Crippen molar-refractivity contribution in [1.29, 1.82) is 0 Å². The summed E-state index contributed by atoms with van der Waals surface area (Å²) in [7, 11) is 0. The molecule has 1 N–H and O–H groups in total. The fourth-order valence-electron chi connectivity index (χ4n) is 3.85. The molecule has 0 bridgehead atoms. The normalized spacial score (nSPS) is 18.7. The predicted molar refractivity (Wildman–Crippen MR) is 91.7 cm³/mol. The van der Waals surface area contributed by atoms with Crippen LogP contribution in [-0.4, -0.2) is 42.1 Å². The van der Waals surface area contributed by atoms with Gasteiger partial charge in [-0.05, 0) is 31.9 Å². The van der Waals surface area contributed by atoms with E-state index < -0.39 is 0 Å². The third-order valence-corrected chi connectivity index (χ3v) is 5.22. The first-order valence-electron chi connectivity index (χ1n) is 8.21. The van der Waals surface area contributed by atoms with Crippen LogP contribution in [0.1, 0.15) is 40.8 Å². The fraction of sp³-hybridized carbons (Fsp3) is 0.294. The molecule has 2 aliphatic heterocycles. The van der Waals surface area contributed by atoms with Crippen LogP contribution >= 0.6 is 11.6 Å². The molecular weight excluding hydrogens is 340 g/mol. The molecule has 5 rings (SSSR count). The van der Waals surface area contributed by atoms with Gasteiger partial charge < -0.3 is 4.90 Å². The molecule has 0 spiro atoms. The van der Waals surface area contributed by atoms with Crippen LogP contribution in [0.5, 0.6) is 0 Å². The Kier molecular flexibility index (Phi) is 3.03. The molecule has 0 aliphatic carbocycles. The number of imidazole rings is 1. The van der Waals surface area contributed by atoms with E-state index in [1.54, 1.807) is 12.4 Å². The highest BCUT2D eigenvalue weighted by atomic mass is 35.5. The number of aromatic amines is 1. The van der Waals surface area contributed by atoms with Crippen molar-refractivity contribution < 1.29 is 4.79 Å². The lowest BCUT2D eigenvalue weighted by atomic mass is 10.1. The SMILES string of the molecule is Cc1nc(-c2ncn3c2[C@@H]2CCCN2C(=O)c2c(Cl)cccc2-3)n[nH]1. The van der Waals surface area contributed by atoms with Crippen LogP contribution in [0.2, 0.25) is 5.02 Å². The van der Waals surface area contributed by atoms with E-state index in [4.69, 9.17) is 11.6 Å². The first-order chi connectivity index (χ1) is 12.1. The molecule has 126 valence electrons. The van der Waals surface area contributed by atoms with Crippen molar-refractivity contribution in [3.63, 3.8) is 0 Å². The second-order valence-corrected chi connectivity index (χ2v) is 6.79. The van der Waals surface area contributed by atoms with Crippen molar-refractivity contribution >= 4 is 17.5 Å². The van der Waals surface area contributed by atoms with Crippen molar-refractivity contribution in [1.82, 2.24) is 29.6 Å². The summed E-state index contributed by atoms with van der Waals surface area (Å²) in [6.45, 7) is 2.57. The molecule has 8 heteroatoms. The van der Waals surface area contributed by atoms with Gasteiger partial charge in [0.15, 0.2) is 0 Å². The molecular formula is C17H15ClN6O. The van der Waals surface area contributed by atoms with Crippen molar-refractivity contribution in [2.24, 2.45) is 0 Å². The van der Waals surface area contributed by atoms with Crippen molar-refractivity contribution in [3.8, 4) is 17.2 Å². The molecule has 7 nitrogen and oxygen atoms in total. The summed E-state index contributed by atoms with van der Waals surface area (Å²) in [6, 6.07) is 5.46. The zero-order valence-electron chi connectivity index (χ0n) is 13.5. The summed E-state index contributed by atoms with van der Waals surface area (Å²) < 4.78 is 1.97. The Morgan fingerprint density at radius 1 is 1.36 bits per heavy atom. The van der Waals surface area contributed by atoms with E-state index in [1.165, 1.54) is 0 Å². The molecule has 1 saturated heterocycles. The second kappa shape index (κ2) is 5.16.